The first kappa shape index (κ1) is 31.1. The highest BCUT2D eigenvalue weighted by atomic mass is 16.6. The number of carbonyl (C=O) groups excluding carboxylic acids is 3. The third-order valence-electron chi connectivity index (χ3n) is 7.52. The summed E-state index contributed by atoms with van der Waals surface area (Å²) in [7, 11) is 1.40. The van der Waals surface area contributed by atoms with Crippen LogP contribution in [0, 0.1) is 11.8 Å². The van der Waals surface area contributed by atoms with Crippen molar-refractivity contribution in [2.45, 2.75) is 83.0 Å². The Labute approximate surface area is 237 Å². The molecule has 0 heterocycles. The highest BCUT2D eigenvalue weighted by Gasteiger charge is 2.46. The summed E-state index contributed by atoms with van der Waals surface area (Å²) in [6.45, 7) is 1.90. The fourth-order valence-electron chi connectivity index (χ4n) is 5.23. The second-order valence-electron chi connectivity index (χ2n) is 10.3. The van der Waals surface area contributed by atoms with E-state index in [1.165, 1.54) is 7.11 Å². The first-order valence-electron chi connectivity index (χ1n) is 14.4. The standard InChI is InChI=1S/C33H42O7/c1-3-26(34)21-22-28-27(19-13-5-4-6-14-20-31(35)38-2)29(39-32(36)24-15-9-7-10-16-24)23-30(28)40-33(37)25-17-11-8-12-18-25/h7-12,15-18,21-22,26-30,34H,3-6,13-14,19-20,23H2,1-2H3/b22-21+/t26-,27-,28+,29+,30-/m0/s1. The lowest BCUT2D eigenvalue weighted by Gasteiger charge is -2.24. The van der Waals surface area contributed by atoms with Gasteiger partial charge < -0.3 is 19.3 Å². The van der Waals surface area contributed by atoms with E-state index in [-0.39, 0.29) is 17.8 Å². The number of ether oxygens (including phenoxy) is 3. The molecule has 0 unspecified atom stereocenters. The summed E-state index contributed by atoms with van der Waals surface area (Å²) < 4.78 is 16.8. The van der Waals surface area contributed by atoms with Gasteiger partial charge in [0.1, 0.15) is 12.2 Å². The maximum absolute atomic E-state index is 13.0. The Morgan fingerprint density at radius 3 is 1.98 bits per heavy atom. The van der Waals surface area contributed by atoms with E-state index < -0.39 is 30.3 Å². The molecule has 7 heteroatoms. The van der Waals surface area contributed by atoms with Gasteiger partial charge in [-0.1, -0.05) is 81.2 Å². The van der Waals surface area contributed by atoms with Crippen LogP contribution in [0.15, 0.2) is 72.8 Å². The van der Waals surface area contributed by atoms with Crippen molar-refractivity contribution in [3.8, 4) is 0 Å². The Morgan fingerprint density at radius 2 is 1.40 bits per heavy atom. The number of hydrogen-bond acceptors (Lipinski definition) is 7. The van der Waals surface area contributed by atoms with Crippen LogP contribution in [0.25, 0.3) is 0 Å². The number of rotatable bonds is 15. The van der Waals surface area contributed by atoms with Crippen molar-refractivity contribution >= 4 is 17.9 Å². The number of aliphatic hydroxyl groups excluding tert-OH is 1. The van der Waals surface area contributed by atoms with E-state index in [9.17, 15) is 19.5 Å². The van der Waals surface area contributed by atoms with E-state index in [2.05, 4.69) is 0 Å². The second kappa shape index (κ2) is 16.6. The Morgan fingerprint density at radius 1 is 0.850 bits per heavy atom. The molecule has 1 aliphatic carbocycles. The largest absolute Gasteiger partial charge is 0.469 e. The van der Waals surface area contributed by atoms with Gasteiger partial charge in [-0.3, -0.25) is 4.79 Å². The zero-order chi connectivity index (χ0) is 28.7. The highest BCUT2D eigenvalue weighted by Crippen LogP contribution is 2.41. The zero-order valence-corrected chi connectivity index (χ0v) is 23.6. The Bertz CT molecular complexity index is 1080. The summed E-state index contributed by atoms with van der Waals surface area (Å²) in [6, 6.07) is 17.7. The molecule has 40 heavy (non-hydrogen) atoms. The minimum atomic E-state index is -0.605. The molecule has 0 bridgehead atoms. The van der Waals surface area contributed by atoms with E-state index in [1.54, 1.807) is 54.6 Å². The van der Waals surface area contributed by atoms with E-state index in [1.807, 2.05) is 25.1 Å². The Balaban J connectivity index is 1.74. The monoisotopic (exact) mass is 550 g/mol. The van der Waals surface area contributed by atoms with Crippen molar-refractivity contribution in [2.75, 3.05) is 7.11 Å². The summed E-state index contributed by atoms with van der Waals surface area (Å²) in [5.74, 6) is -1.28. The van der Waals surface area contributed by atoms with Gasteiger partial charge in [0.25, 0.3) is 0 Å². The Hall–Kier alpha value is -3.45. The number of aliphatic hydroxyl groups is 1. The first-order valence-corrected chi connectivity index (χ1v) is 14.4. The topological polar surface area (TPSA) is 99.1 Å². The maximum Gasteiger partial charge on any atom is 0.338 e. The molecule has 0 aliphatic heterocycles. The lowest BCUT2D eigenvalue weighted by Crippen LogP contribution is -2.26. The molecular formula is C33H42O7. The summed E-state index contributed by atoms with van der Waals surface area (Å²) >= 11 is 0. The van der Waals surface area contributed by atoms with Crippen LogP contribution in [-0.2, 0) is 19.0 Å². The Kier molecular flexibility index (Phi) is 12.9. The van der Waals surface area contributed by atoms with E-state index in [0.717, 1.165) is 38.5 Å². The van der Waals surface area contributed by atoms with Crippen molar-refractivity contribution < 1.29 is 33.7 Å². The number of esters is 3. The molecule has 1 aliphatic rings. The molecule has 7 nitrogen and oxygen atoms in total. The minimum absolute atomic E-state index is 0.0726. The minimum Gasteiger partial charge on any atom is -0.469 e. The van der Waals surface area contributed by atoms with Crippen LogP contribution >= 0.6 is 0 Å². The number of benzene rings is 2. The average Bonchev–Trinajstić information content (AvgIpc) is 3.30. The van der Waals surface area contributed by atoms with E-state index >= 15 is 0 Å². The molecule has 1 N–H and O–H groups in total. The van der Waals surface area contributed by atoms with Crippen molar-refractivity contribution in [3.63, 3.8) is 0 Å². The van der Waals surface area contributed by atoms with Crippen LogP contribution in [0.5, 0.6) is 0 Å². The van der Waals surface area contributed by atoms with Crippen LogP contribution in [-0.4, -0.2) is 48.4 Å². The number of carbonyl (C=O) groups is 3. The highest BCUT2D eigenvalue weighted by molar-refractivity contribution is 5.90. The van der Waals surface area contributed by atoms with Crippen molar-refractivity contribution in [1.82, 2.24) is 0 Å². The van der Waals surface area contributed by atoms with Crippen molar-refractivity contribution in [3.05, 3.63) is 83.9 Å². The molecule has 0 radical (unpaired) electrons. The molecule has 1 saturated carbocycles. The third kappa shape index (κ3) is 9.63. The van der Waals surface area contributed by atoms with Gasteiger partial charge >= 0.3 is 17.9 Å². The van der Waals surface area contributed by atoms with Gasteiger partial charge in [0.15, 0.2) is 0 Å². The number of unbranched alkanes of at least 4 members (excludes halogenated alkanes) is 4. The molecule has 5 atom stereocenters. The molecular weight excluding hydrogens is 508 g/mol. The van der Waals surface area contributed by atoms with E-state index in [4.69, 9.17) is 14.2 Å². The van der Waals surface area contributed by atoms with Gasteiger partial charge in [-0.2, -0.15) is 0 Å². The lowest BCUT2D eigenvalue weighted by molar-refractivity contribution is -0.140. The lowest BCUT2D eigenvalue weighted by atomic mass is 9.87. The molecule has 0 saturated heterocycles. The predicted molar refractivity (Wildman–Crippen MR) is 153 cm³/mol. The van der Waals surface area contributed by atoms with Gasteiger partial charge in [0.2, 0.25) is 0 Å². The fraction of sp³-hybridized carbons (Fsp3) is 0.485. The quantitative estimate of drug-likeness (QED) is 0.120. The van der Waals surface area contributed by atoms with Gasteiger partial charge in [-0.05, 0) is 43.5 Å². The fourth-order valence-corrected chi connectivity index (χ4v) is 5.23. The predicted octanol–water partition coefficient (Wildman–Crippen LogP) is 6.30. The summed E-state index contributed by atoms with van der Waals surface area (Å²) in [5.41, 5.74) is 0.942. The van der Waals surface area contributed by atoms with Gasteiger partial charge in [-0.25, -0.2) is 9.59 Å². The molecule has 0 amide bonds. The maximum atomic E-state index is 13.0. The molecule has 0 spiro atoms. The number of methoxy groups -OCH3 is 1. The normalized spacial score (nSPS) is 21.2. The molecule has 216 valence electrons. The molecule has 2 aromatic carbocycles. The molecule has 1 fully saturated rings. The van der Waals surface area contributed by atoms with Crippen LogP contribution in [0.4, 0.5) is 0 Å². The van der Waals surface area contributed by atoms with Gasteiger partial charge in [0, 0.05) is 24.7 Å². The third-order valence-corrected chi connectivity index (χ3v) is 7.52. The number of hydrogen-bond donors (Lipinski definition) is 1. The first-order chi connectivity index (χ1) is 19.4. The summed E-state index contributed by atoms with van der Waals surface area (Å²) in [5, 5.41) is 10.3. The molecule has 3 rings (SSSR count). The van der Waals surface area contributed by atoms with Crippen LogP contribution in [0.1, 0.15) is 85.4 Å². The van der Waals surface area contributed by atoms with E-state index in [0.29, 0.717) is 30.4 Å². The van der Waals surface area contributed by atoms with Crippen LogP contribution in [0.3, 0.4) is 0 Å². The SMILES string of the molecule is CC[C@H](O)/C=C/[C@@H]1[C@H](CCCCCCCC(=O)OC)[C@H](OC(=O)c2ccccc2)C[C@@H]1OC(=O)c1ccccc1. The molecule has 0 aromatic heterocycles. The summed E-state index contributed by atoms with van der Waals surface area (Å²) in [6.07, 6.45) is 8.93. The van der Waals surface area contributed by atoms with Crippen molar-refractivity contribution in [1.29, 1.82) is 0 Å². The van der Waals surface area contributed by atoms with Crippen LogP contribution < -0.4 is 0 Å². The van der Waals surface area contributed by atoms with Gasteiger partial charge in [-0.15, -0.1) is 0 Å². The average molecular weight is 551 g/mol. The summed E-state index contributed by atoms with van der Waals surface area (Å²) in [4.78, 5) is 37.4. The second-order valence-corrected chi connectivity index (χ2v) is 10.3. The van der Waals surface area contributed by atoms with Crippen LogP contribution in [0.2, 0.25) is 0 Å². The smallest absolute Gasteiger partial charge is 0.338 e. The van der Waals surface area contributed by atoms with Gasteiger partial charge in [0.05, 0.1) is 24.3 Å². The van der Waals surface area contributed by atoms with Crippen molar-refractivity contribution in [2.24, 2.45) is 11.8 Å². The zero-order valence-electron chi connectivity index (χ0n) is 23.6. The molecule has 2 aromatic rings.